The summed E-state index contributed by atoms with van der Waals surface area (Å²) in [6.07, 6.45) is 0.714. The Bertz CT molecular complexity index is 819. The molecule has 0 saturated heterocycles. The lowest BCUT2D eigenvalue weighted by atomic mass is 10.2. The summed E-state index contributed by atoms with van der Waals surface area (Å²) in [4.78, 5) is 43.6. The zero-order chi connectivity index (χ0) is 19.2. The molecule has 3 heterocycles. The predicted octanol–water partition coefficient (Wildman–Crippen LogP) is 1.49. The van der Waals surface area contributed by atoms with Crippen molar-refractivity contribution in [3.63, 3.8) is 0 Å². The topological polar surface area (TPSA) is 101 Å². The molecule has 2 aromatic heterocycles. The monoisotopic (exact) mass is 408 g/mol. The van der Waals surface area contributed by atoms with Gasteiger partial charge >= 0.3 is 5.97 Å². The molecule has 0 spiro atoms. The zero-order valence-corrected chi connectivity index (χ0v) is 16.5. The molecular weight excluding hydrogens is 388 g/mol. The second-order valence-electron chi connectivity index (χ2n) is 5.86. The highest BCUT2D eigenvalue weighted by molar-refractivity contribution is 7.16. The van der Waals surface area contributed by atoms with Crippen molar-refractivity contribution in [1.82, 2.24) is 15.2 Å². The van der Waals surface area contributed by atoms with Gasteiger partial charge in [-0.2, -0.15) is 0 Å². The number of hydrogen-bond acceptors (Lipinski definition) is 8. The Morgan fingerprint density at radius 2 is 2.22 bits per heavy atom. The van der Waals surface area contributed by atoms with Gasteiger partial charge in [-0.05, 0) is 18.4 Å². The van der Waals surface area contributed by atoms with E-state index in [4.69, 9.17) is 4.74 Å². The summed E-state index contributed by atoms with van der Waals surface area (Å²) < 4.78 is 4.78. The summed E-state index contributed by atoms with van der Waals surface area (Å²) in [6, 6.07) is 3.60. The van der Waals surface area contributed by atoms with Crippen LogP contribution in [0.15, 0.2) is 17.5 Å². The van der Waals surface area contributed by atoms with Crippen LogP contribution in [0, 0.1) is 0 Å². The number of fused-ring (bicyclic) bond motifs is 1. The summed E-state index contributed by atoms with van der Waals surface area (Å²) in [7, 11) is 0. The average molecular weight is 409 g/mol. The minimum absolute atomic E-state index is 0.120. The van der Waals surface area contributed by atoms with Gasteiger partial charge in [0.05, 0.1) is 23.7 Å². The quantitative estimate of drug-likeness (QED) is 0.674. The molecule has 1 aliphatic rings. The second kappa shape index (κ2) is 9.07. The molecule has 0 saturated carbocycles. The number of hydrogen-bond donors (Lipinski definition) is 2. The van der Waals surface area contributed by atoms with Crippen LogP contribution in [0.5, 0.6) is 0 Å². The molecule has 0 bridgehead atoms. The van der Waals surface area contributed by atoms with Crippen LogP contribution in [0.1, 0.15) is 27.2 Å². The van der Waals surface area contributed by atoms with Gasteiger partial charge in [0.2, 0.25) is 5.91 Å². The Morgan fingerprint density at radius 1 is 1.37 bits per heavy atom. The second-order valence-corrected chi connectivity index (χ2v) is 7.89. The van der Waals surface area contributed by atoms with Gasteiger partial charge in [-0.15, -0.1) is 22.7 Å². The molecule has 144 valence electrons. The van der Waals surface area contributed by atoms with Gasteiger partial charge in [-0.3, -0.25) is 24.6 Å². The molecule has 1 aliphatic heterocycles. The number of amides is 2. The molecule has 0 aliphatic carbocycles. The van der Waals surface area contributed by atoms with E-state index in [-0.39, 0.29) is 24.9 Å². The molecule has 0 atom stereocenters. The molecule has 0 aromatic carbocycles. The fraction of sp³-hybridized carbons (Fsp3) is 0.412. The molecule has 8 nitrogen and oxygen atoms in total. The van der Waals surface area contributed by atoms with E-state index in [1.165, 1.54) is 22.7 Å². The van der Waals surface area contributed by atoms with Gasteiger partial charge in [-0.1, -0.05) is 6.07 Å². The minimum atomic E-state index is -0.444. The van der Waals surface area contributed by atoms with Crippen molar-refractivity contribution >= 4 is 45.6 Å². The summed E-state index contributed by atoms with van der Waals surface area (Å²) in [5, 5.41) is 7.82. The zero-order valence-electron chi connectivity index (χ0n) is 14.8. The van der Waals surface area contributed by atoms with Crippen LogP contribution in [0.3, 0.4) is 0 Å². The first kappa shape index (κ1) is 19.5. The van der Waals surface area contributed by atoms with E-state index < -0.39 is 5.97 Å². The van der Waals surface area contributed by atoms with E-state index in [1.807, 2.05) is 16.3 Å². The molecule has 10 heteroatoms. The number of aromatic nitrogens is 1. The first-order chi connectivity index (χ1) is 13.0. The van der Waals surface area contributed by atoms with Crippen LogP contribution in [-0.4, -0.2) is 53.9 Å². The highest BCUT2D eigenvalue weighted by Gasteiger charge is 2.23. The van der Waals surface area contributed by atoms with Gasteiger partial charge in [-0.25, -0.2) is 4.98 Å². The van der Waals surface area contributed by atoms with Gasteiger partial charge in [0.1, 0.15) is 6.54 Å². The molecule has 0 unspecified atom stereocenters. The number of thiazole rings is 1. The first-order valence-corrected chi connectivity index (χ1v) is 10.2. The van der Waals surface area contributed by atoms with E-state index >= 15 is 0 Å². The number of carbonyl (C=O) groups is 3. The molecule has 2 amide bonds. The molecular formula is C17H20N4O4S2. The van der Waals surface area contributed by atoms with Gasteiger partial charge < -0.3 is 10.1 Å². The van der Waals surface area contributed by atoms with Crippen LogP contribution in [-0.2, 0) is 27.3 Å². The van der Waals surface area contributed by atoms with E-state index in [9.17, 15) is 14.4 Å². The Kier molecular flexibility index (Phi) is 6.54. The third kappa shape index (κ3) is 5.34. The lowest BCUT2D eigenvalue weighted by molar-refractivity contribution is -0.143. The highest BCUT2D eigenvalue weighted by atomic mass is 32.1. The highest BCUT2D eigenvalue weighted by Crippen LogP contribution is 2.28. The Balaban J connectivity index is 1.51. The molecule has 3 rings (SSSR count). The lowest BCUT2D eigenvalue weighted by Gasteiger charge is -2.24. The number of esters is 1. The number of ether oxygens (including phenoxy) is 1. The van der Waals surface area contributed by atoms with E-state index in [0.29, 0.717) is 36.1 Å². The summed E-state index contributed by atoms with van der Waals surface area (Å²) in [6.45, 7) is 3.38. The van der Waals surface area contributed by atoms with Crippen molar-refractivity contribution in [2.24, 2.45) is 0 Å². The number of nitrogens with one attached hydrogen (secondary N) is 2. The van der Waals surface area contributed by atoms with Crippen LogP contribution < -0.4 is 10.6 Å². The third-order valence-electron chi connectivity index (χ3n) is 3.88. The van der Waals surface area contributed by atoms with Crippen LogP contribution in [0.25, 0.3) is 0 Å². The molecule has 27 heavy (non-hydrogen) atoms. The van der Waals surface area contributed by atoms with Crippen molar-refractivity contribution in [1.29, 1.82) is 0 Å². The largest absolute Gasteiger partial charge is 0.465 e. The lowest BCUT2D eigenvalue weighted by Crippen LogP contribution is -2.41. The number of thiophene rings is 1. The molecule has 0 radical (unpaired) electrons. The number of carbonyl (C=O) groups excluding carboxylic acids is 3. The van der Waals surface area contributed by atoms with Crippen molar-refractivity contribution in [3.8, 4) is 0 Å². The SMILES string of the molecule is CCOC(=O)CNC(=O)CN1CCc2nc(NC(=O)c3cccs3)sc2C1. The van der Waals surface area contributed by atoms with Crippen LogP contribution in [0.4, 0.5) is 5.13 Å². The standard InChI is InChI=1S/C17H20N4O4S2/c1-2-25-15(23)8-18-14(22)10-21-6-5-11-13(9-21)27-17(19-11)20-16(24)12-4-3-7-26-12/h3-4,7H,2,5-6,8-10H2,1H3,(H,18,22)(H,19,20,24). The van der Waals surface area contributed by atoms with Crippen molar-refractivity contribution in [2.45, 2.75) is 19.9 Å². The Morgan fingerprint density at radius 3 is 2.96 bits per heavy atom. The van der Waals surface area contributed by atoms with E-state index in [2.05, 4.69) is 15.6 Å². The van der Waals surface area contributed by atoms with Crippen molar-refractivity contribution in [3.05, 3.63) is 33.0 Å². The van der Waals surface area contributed by atoms with Crippen LogP contribution in [0.2, 0.25) is 0 Å². The number of anilines is 1. The smallest absolute Gasteiger partial charge is 0.325 e. The molecule has 0 fully saturated rings. The first-order valence-electron chi connectivity index (χ1n) is 8.53. The van der Waals surface area contributed by atoms with Crippen LogP contribution >= 0.6 is 22.7 Å². The fourth-order valence-electron chi connectivity index (χ4n) is 2.65. The maximum absolute atomic E-state index is 12.1. The fourth-order valence-corrected chi connectivity index (χ4v) is 4.31. The maximum Gasteiger partial charge on any atom is 0.325 e. The summed E-state index contributed by atoms with van der Waals surface area (Å²) in [5.41, 5.74) is 0.963. The Labute approximate surface area is 164 Å². The number of rotatable bonds is 7. The minimum Gasteiger partial charge on any atom is -0.465 e. The summed E-state index contributed by atoms with van der Waals surface area (Å²) >= 11 is 2.81. The van der Waals surface area contributed by atoms with E-state index in [0.717, 1.165) is 10.6 Å². The number of nitrogens with zero attached hydrogens (tertiary/aromatic N) is 2. The van der Waals surface area contributed by atoms with Gasteiger partial charge in [0.15, 0.2) is 5.13 Å². The average Bonchev–Trinajstić information content (AvgIpc) is 3.29. The third-order valence-corrected chi connectivity index (χ3v) is 5.74. The van der Waals surface area contributed by atoms with Crippen molar-refractivity contribution in [2.75, 3.05) is 31.6 Å². The molecule has 2 N–H and O–H groups in total. The normalized spacial score (nSPS) is 13.7. The van der Waals surface area contributed by atoms with Gasteiger partial charge in [0.25, 0.3) is 5.91 Å². The summed E-state index contributed by atoms with van der Waals surface area (Å²) in [5.74, 6) is -0.825. The Hall–Kier alpha value is -2.30. The van der Waals surface area contributed by atoms with Gasteiger partial charge in [0, 0.05) is 24.4 Å². The van der Waals surface area contributed by atoms with Crippen molar-refractivity contribution < 1.29 is 19.1 Å². The predicted molar refractivity (Wildman–Crippen MR) is 103 cm³/mol. The molecule has 2 aromatic rings. The maximum atomic E-state index is 12.1. The van der Waals surface area contributed by atoms with E-state index in [1.54, 1.807) is 13.0 Å².